The maximum absolute atomic E-state index is 12.8. The highest BCUT2D eigenvalue weighted by atomic mass is 32.2. The highest BCUT2D eigenvalue weighted by Crippen LogP contribution is 2.11. The minimum absolute atomic E-state index is 0.253. The summed E-state index contributed by atoms with van der Waals surface area (Å²) in [6, 6.07) is 16.5. The summed E-state index contributed by atoms with van der Waals surface area (Å²) >= 11 is 7.04. The van der Waals surface area contributed by atoms with Crippen molar-refractivity contribution in [3.63, 3.8) is 0 Å². The van der Waals surface area contributed by atoms with Crippen molar-refractivity contribution in [1.82, 2.24) is 5.32 Å². The Kier molecular flexibility index (Phi) is 6.50. The van der Waals surface area contributed by atoms with Crippen LogP contribution in [0.1, 0.15) is 5.56 Å². The zero-order chi connectivity index (χ0) is 14.9. The number of nitrogens with one attached hydrogen (secondary N) is 2. The lowest BCUT2D eigenvalue weighted by molar-refractivity contribution is 0.628. The minimum atomic E-state index is -0.253. The normalized spacial score (nSPS) is 10.1. The van der Waals surface area contributed by atoms with Gasteiger partial charge in [-0.25, -0.2) is 4.39 Å². The number of benzene rings is 2. The van der Waals surface area contributed by atoms with E-state index in [9.17, 15) is 4.39 Å². The average Bonchev–Trinajstić information content (AvgIpc) is 2.50. The molecule has 0 saturated carbocycles. The van der Waals surface area contributed by atoms with Crippen molar-refractivity contribution in [3.05, 3.63) is 66.0 Å². The highest BCUT2D eigenvalue weighted by molar-refractivity contribution is 7.98. The second-order valence-corrected chi connectivity index (χ2v) is 5.94. The molecule has 0 atom stereocenters. The van der Waals surface area contributed by atoms with E-state index in [0.717, 1.165) is 23.7 Å². The molecule has 0 aliphatic heterocycles. The van der Waals surface area contributed by atoms with Gasteiger partial charge in [0.25, 0.3) is 0 Å². The summed E-state index contributed by atoms with van der Waals surface area (Å²) in [5, 5.41) is 6.72. The van der Waals surface area contributed by atoms with E-state index < -0.39 is 0 Å². The summed E-state index contributed by atoms with van der Waals surface area (Å²) in [4.78, 5) is 0. The molecule has 0 bridgehead atoms. The summed E-state index contributed by atoms with van der Waals surface area (Å²) in [6.07, 6.45) is 0. The molecule has 0 aliphatic carbocycles. The van der Waals surface area contributed by atoms with Gasteiger partial charge in [-0.3, -0.25) is 0 Å². The Balaban J connectivity index is 1.60. The van der Waals surface area contributed by atoms with Crippen molar-refractivity contribution in [3.8, 4) is 0 Å². The van der Waals surface area contributed by atoms with Gasteiger partial charge >= 0.3 is 0 Å². The number of hydrogen-bond acceptors (Lipinski definition) is 2. The summed E-state index contributed by atoms with van der Waals surface area (Å²) < 4.78 is 12.8. The molecular formula is C16H17FN2S2. The number of rotatable bonds is 6. The van der Waals surface area contributed by atoms with E-state index in [1.807, 2.05) is 17.8 Å². The number of thioether (sulfide) groups is 1. The lowest BCUT2D eigenvalue weighted by atomic mass is 10.2. The number of hydrogen-bond donors (Lipinski definition) is 2. The highest BCUT2D eigenvalue weighted by Gasteiger charge is 1.98. The van der Waals surface area contributed by atoms with Gasteiger partial charge in [0.2, 0.25) is 0 Å². The maximum Gasteiger partial charge on any atom is 0.170 e. The summed E-state index contributed by atoms with van der Waals surface area (Å²) in [5.74, 6) is 1.72. The van der Waals surface area contributed by atoms with Crippen LogP contribution >= 0.6 is 24.0 Å². The van der Waals surface area contributed by atoms with Gasteiger partial charge in [-0.05, 0) is 42.0 Å². The third-order valence-electron chi connectivity index (χ3n) is 2.75. The van der Waals surface area contributed by atoms with E-state index in [1.54, 1.807) is 12.1 Å². The van der Waals surface area contributed by atoms with Gasteiger partial charge in [-0.1, -0.05) is 30.3 Å². The molecule has 2 rings (SSSR count). The fourth-order valence-electron chi connectivity index (χ4n) is 1.71. The predicted octanol–water partition coefficient (Wildman–Crippen LogP) is 4.05. The van der Waals surface area contributed by atoms with Crippen molar-refractivity contribution in [2.45, 2.75) is 5.75 Å². The van der Waals surface area contributed by atoms with Crippen molar-refractivity contribution in [1.29, 1.82) is 0 Å². The first-order chi connectivity index (χ1) is 10.2. The number of halogens is 1. The molecule has 2 aromatic carbocycles. The Hall–Kier alpha value is -1.59. The van der Waals surface area contributed by atoms with Gasteiger partial charge in [-0.2, -0.15) is 11.8 Å². The SMILES string of the molecule is Fc1ccc(NC(=S)NCCSCc2ccccc2)cc1. The van der Waals surface area contributed by atoms with E-state index in [-0.39, 0.29) is 5.82 Å². The van der Waals surface area contributed by atoms with Crippen LogP contribution in [0.25, 0.3) is 0 Å². The third-order valence-corrected chi connectivity index (χ3v) is 4.02. The van der Waals surface area contributed by atoms with Crippen LogP contribution in [0.2, 0.25) is 0 Å². The van der Waals surface area contributed by atoms with Crippen LogP contribution in [0.3, 0.4) is 0 Å². The number of anilines is 1. The zero-order valence-electron chi connectivity index (χ0n) is 11.5. The molecule has 0 saturated heterocycles. The first kappa shape index (κ1) is 15.8. The molecule has 0 fully saturated rings. The van der Waals surface area contributed by atoms with Gasteiger partial charge in [-0.15, -0.1) is 0 Å². The molecule has 0 aliphatic rings. The predicted molar refractivity (Wildman–Crippen MR) is 93.2 cm³/mol. The molecule has 21 heavy (non-hydrogen) atoms. The van der Waals surface area contributed by atoms with E-state index in [2.05, 4.69) is 34.9 Å². The second kappa shape index (κ2) is 8.64. The van der Waals surface area contributed by atoms with Crippen molar-refractivity contribution >= 4 is 34.8 Å². The third kappa shape index (κ3) is 6.14. The first-order valence-electron chi connectivity index (χ1n) is 6.66. The lowest BCUT2D eigenvalue weighted by Gasteiger charge is -2.10. The monoisotopic (exact) mass is 320 g/mol. The molecule has 0 aromatic heterocycles. The molecule has 2 N–H and O–H groups in total. The molecule has 2 aromatic rings. The zero-order valence-corrected chi connectivity index (χ0v) is 13.1. The van der Waals surface area contributed by atoms with Crippen LogP contribution in [0.5, 0.6) is 0 Å². The summed E-state index contributed by atoms with van der Waals surface area (Å²) in [5.41, 5.74) is 2.11. The van der Waals surface area contributed by atoms with Crippen molar-refractivity contribution in [2.75, 3.05) is 17.6 Å². The van der Waals surface area contributed by atoms with E-state index in [1.165, 1.54) is 17.7 Å². The van der Waals surface area contributed by atoms with Crippen LogP contribution in [0.15, 0.2) is 54.6 Å². The van der Waals surface area contributed by atoms with Gasteiger partial charge in [0.05, 0.1) is 0 Å². The van der Waals surface area contributed by atoms with Crippen LogP contribution in [-0.4, -0.2) is 17.4 Å². The van der Waals surface area contributed by atoms with Crippen LogP contribution in [-0.2, 0) is 5.75 Å². The fourth-order valence-corrected chi connectivity index (χ4v) is 2.75. The molecule has 110 valence electrons. The molecular weight excluding hydrogens is 303 g/mol. The molecule has 0 amide bonds. The molecule has 0 radical (unpaired) electrons. The first-order valence-corrected chi connectivity index (χ1v) is 8.22. The Morgan fingerprint density at radius 3 is 2.48 bits per heavy atom. The van der Waals surface area contributed by atoms with E-state index >= 15 is 0 Å². The molecule has 0 spiro atoms. The topological polar surface area (TPSA) is 24.1 Å². The smallest absolute Gasteiger partial charge is 0.170 e. The standard InChI is InChI=1S/C16H17FN2S2/c17-14-6-8-15(9-7-14)19-16(20)18-10-11-21-12-13-4-2-1-3-5-13/h1-9H,10-12H2,(H2,18,19,20). The maximum atomic E-state index is 12.8. The summed E-state index contributed by atoms with van der Waals surface area (Å²) in [7, 11) is 0. The number of thiocarbonyl (C=S) groups is 1. The van der Waals surface area contributed by atoms with E-state index in [4.69, 9.17) is 12.2 Å². The molecule has 5 heteroatoms. The van der Waals surface area contributed by atoms with Gasteiger partial charge in [0, 0.05) is 23.7 Å². The van der Waals surface area contributed by atoms with Crippen molar-refractivity contribution in [2.24, 2.45) is 0 Å². The van der Waals surface area contributed by atoms with Gasteiger partial charge < -0.3 is 10.6 Å². The Bertz CT molecular complexity index is 558. The van der Waals surface area contributed by atoms with Gasteiger partial charge in [0.1, 0.15) is 5.82 Å². The minimum Gasteiger partial charge on any atom is -0.362 e. The second-order valence-electron chi connectivity index (χ2n) is 4.43. The molecule has 0 heterocycles. The van der Waals surface area contributed by atoms with Crippen LogP contribution < -0.4 is 10.6 Å². The lowest BCUT2D eigenvalue weighted by Crippen LogP contribution is -2.30. The molecule has 2 nitrogen and oxygen atoms in total. The van der Waals surface area contributed by atoms with Crippen LogP contribution in [0.4, 0.5) is 10.1 Å². The average molecular weight is 320 g/mol. The Morgan fingerprint density at radius 2 is 1.76 bits per heavy atom. The Labute approximate surface area is 134 Å². The fraction of sp³-hybridized carbons (Fsp3) is 0.188. The Morgan fingerprint density at radius 1 is 1.05 bits per heavy atom. The summed E-state index contributed by atoms with van der Waals surface area (Å²) in [6.45, 7) is 0.796. The van der Waals surface area contributed by atoms with E-state index in [0.29, 0.717) is 5.11 Å². The quantitative estimate of drug-likeness (QED) is 0.619. The largest absolute Gasteiger partial charge is 0.362 e. The van der Waals surface area contributed by atoms with Crippen LogP contribution in [0, 0.1) is 5.82 Å². The van der Waals surface area contributed by atoms with Gasteiger partial charge in [0.15, 0.2) is 5.11 Å². The van der Waals surface area contributed by atoms with Crippen molar-refractivity contribution < 1.29 is 4.39 Å². The molecule has 0 unspecified atom stereocenters.